The van der Waals surface area contributed by atoms with Crippen LogP contribution in [0.25, 0.3) is 11.3 Å². The van der Waals surface area contributed by atoms with Gasteiger partial charge in [0.25, 0.3) is 0 Å². The Balaban J connectivity index is 1.63. The molecule has 1 aliphatic heterocycles. The predicted octanol–water partition coefficient (Wildman–Crippen LogP) is 1.73. The van der Waals surface area contributed by atoms with E-state index in [1.54, 1.807) is 0 Å². The van der Waals surface area contributed by atoms with E-state index in [0.717, 1.165) is 22.7 Å². The van der Waals surface area contributed by atoms with Crippen molar-refractivity contribution in [2.75, 3.05) is 26.1 Å². The highest BCUT2D eigenvalue weighted by molar-refractivity contribution is 7.88. The lowest BCUT2D eigenvalue weighted by Gasteiger charge is -2.31. The first-order chi connectivity index (χ1) is 12.3. The molecule has 1 N–H and O–H groups in total. The molecule has 0 amide bonds. The first-order valence-corrected chi connectivity index (χ1v) is 10.5. The molecule has 0 unspecified atom stereocenters. The summed E-state index contributed by atoms with van der Waals surface area (Å²) in [6, 6.07) is 9.71. The van der Waals surface area contributed by atoms with Crippen molar-refractivity contribution < 1.29 is 17.9 Å². The Morgan fingerprint density at radius 1 is 1.35 bits per heavy atom. The van der Waals surface area contributed by atoms with Gasteiger partial charge in [0.05, 0.1) is 30.9 Å². The van der Waals surface area contributed by atoms with Crippen LogP contribution in [0.2, 0.25) is 0 Å². The summed E-state index contributed by atoms with van der Waals surface area (Å²) in [4.78, 5) is 0. The maximum Gasteiger partial charge on any atom is 0.208 e. The fourth-order valence-electron chi connectivity index (χ4n) is 3.20. The lowest BCUT2D eigenvalue weighted by molar-refractivity contribution is 0.0187. The van der Waals surface area contributed by atoms with Crippen molar-refractivity contribution in [3.8, 4) is 17.0 Å². The summed E-state index contributed by atoms with van der Waals surface area (Å²) in [5, 5.41) is 4.36. The summed E-state index contributed by atoms with van der Waals surface area (Å²) in [7, 11) is -1.33. The Labute approximate surface area is 154 Å². The van der Waals surface area contributed by atoms with E-state index in [1.807, 2.05) is 49.0 Å². The van der Waals surface area contributed by atoms with Crippen LogP contribution in [0.3, 0.4) is 0 Å². The van der Waals surface area contributed by atoms with Gasteiger partial charge in [-0.3, -0.25) is 4.68 Å². The van der Waals surface area contributed by atoms with E-state index in [9.17, 15) is 8.42 Å². The van der Waals surface area contributed by atoms with Crippen molar-refractivity contribution in [1.82, 2.24) is 14.5 Å². The molecule has 7 nitrogen and oxygen atoms in total. The average Bonchev–Trinajstić information content (AvgIpc) is 2.91. The van der Waals surface area contributed by atoms with Crippen LogP contribution < -0.4 is 9.46 Å². The average molecular weight is 379 g/mol. The molecule has 2 atom stereocenters. The molecule has 0 saturated carbocycles. The van der Waals surface area contributed by atoms with Gasteiger partial charge in [-0.05, 0) is 43.7 Å². The second-order valence-electron chi connectivity index (χ2n) is 6.75. The second-order valence-corrected chi connectivity index (χ2v) is 8.53. The van der Waals surface area contributed by atoms with Crippen molar-refractivity contribution in [1.29, 1.82) is 0 Å². The minimum absolute atomic E-state index is 0.0159. The van der Waals surface area contributed by atoms with Crippen molar-refractivity contribution in [2.45, 2.75) is 19.4 Å². The number of sulfonamides is 1. The molecular weight excluding hydrogens is 354 g/mol. The maximum absolute atomic E-state index is 11.5. The highest BCUT2D eigenvalue weighted by Crippen LogP contribution is 2.24. The standard InChI is InChI=1S/C18H25N3O4S/c1-13-10-18(21(2)19-13)14-4-6-16(7-5-14)25-12-15-11-24-9-8-17(15)20-26(3,22)23/h4-7,10,15,17,20H,8-9,11-12H2,1-3H3/t15-,17+/m1/s1. The molecular formula is C18H25N3O4S. The SMILES string of the molecule is Cc1cc(-c2ccc(OC[C@H]3COCC[C@@H]3NS(C)(=O)=O)cc2)n(C)n1. The third-order valence-electron chi connectivity index (χ3n) is 4.46. The summed E-state index contributed by atoms with van der Waals surface area (Å²) >= 11 is 0. The molecule has 0 radical (unpaired) electrons. The molecule has 142 valence electrons. The van der Waals surface area contributed by atoms with E-state index >= 15 is 0 Å². The van der Waals surface area contributed by atoms with Gasteiger partial charge in [-0.15, -0.1) is 0 Å². The van der Waals surface area contributed by atoms with Crippen LogP contribution in [0.4, 0.5) is 0 Å². The Hall–Kier alpha value is -1.90. The Bertz CT molecular complexity index is 846. The second kappa shape index (κ2) is 7.77. The number of hydrogen-bond donors (Lipinski definition) is 1. The van der Waals surface area contributed by atoms with Gasteiger partial charge >= 0.3 is 0 Å². The zero-order valence-electron chi connectivity index (χ0n) is 15.3. The van der Waals surface area contributed by atoms with E-state index in [0.29, 0.717) is 26.2 Å². The van der Waals surface area contributed by atoms with Crippen LogP contribution >= 0.6 is 0 Å². The fourth-order valence-corrected chi connectivity index (χ4v) is 4.06. The molecule has 0 aliphatic carbocycles. The first kappa shape index (κ1) is 18.9. The predicted molar refractivity (Wildman–Crippen MR) is 99.6 cm³/mol. The minimum Gasteiger partial charge on any atom is -0.493 e. The van der Waals surface area contributed by atoms with Crippen LogP contribution in [0, 0.1) is 12.8 Å². The lowest BCUT2D eigenvalue weighted by atomic mass is 9.98. The number of benzene rings is 1. The number of rotatable bonds is 6. The molecule has 1 fully saturated rings. The van der Waals surface area contributed by atoms with Gasteiger partial charge in [0.1, 0.15) is 5.75 Å². The zero-order chi connectivity index (χ0) is 18.7. The molecule has 8 heteroatoms. The minimum atomic E-state index is -3.25. The van der Waals surface area contributed by atoms with E-state index in [4.69, 9.17) is 9.47 Å². The summed E-state index contributed by atoms with van der Waals surface area (Å²) < 4.78 is 38.9. The number of aryl methyl sites for hydroxylation is 2. The molecule has 0 spiro atoms. The third-order valence-corrected chi connectivity index (χ3v) is 5.19. The number of nitrogens with one attached hydrogen (secondary N) is 1. The van der Waals surface area contributed by atoms with Gasteiger partial charge < -0.3 is 9.47 Å². The van der Waals surface area contributed by atoms with Gasteiger partial charge in [0.2, 0.25) is 10.0 Å². The monoisotopic (exact) mass is 379 g/mol. The van der Waals surface area contributed by atoms with Crippen LogP contribution in [0.15, 0.2) is 30.3 Å². The normalized spacial score (nSPS) is 20.9. The van der Waals surface area contributed by atoms with Gasteiger partial charge in [0, 0.05) is 31.2 Å². The summed E-state index contributed by atoms with van der Waals surface area (Å²) in [5.41, 5.74) is 3.09. The van der Waals surface area contributed by atoms with Crippen LogP contribution in [-0.4, -0.2) is 50.3 Å². The van der Waals surface area contributed by atoms with Gasteiger partial charge in [-0.25, -0.2) is 13.1 Å². The van der Waals surface area contributed by atoms with Gasteiger partial charge in [-0.1, -0.05) is 0 Å². The van der Waals surface area contributed by atoms with E-state index in [1.165, 1.54) is 6.26 Å². The quantitative estimate of drug-likeness (QED) is 0.827. The largest absolute Gasteiger partial charge is 0.493 e. The maximum atomic E-state index is 11.5. The van der Waals surface area contributed by atoms with Crippen LogP contribution in [0.5, 0.6) is 5.75 Å². The summed E-state index contributed by atoms with van der Waals surface area (Å²) in [6.07, 6.45) is 1.83. The molecule has 26 heavy (non-hydrogen) atoms. The third kappa shape index (κ3) is 4.84. The molecule has 1 saturated heterocycles. The Morgan fingerprint density at radius 3 is 2.69 bits per heavy atom. The van der Waals surface area contributed by atoms with E-state index in [-0.39, 0.29) is 12.0 Å². The Morgan fingerprint density at radius 2 is 2.08 bits per heavy atom. The highest BCUT2D eigenvalue weighted by Gasteiger charge is 2.28. The summed E-state index contributed by atoms with van der Waals surface area (Å²) in [6.45, 7) is 3.41. The van der Waals surface area contributed by atoms with Crippen molar-refractivity contribution >= 4 is 10.0 Å². The number of nitrogens with zero attached hydrogens (tertiary/aromatic N) is 2. The Kier molecular flexibility index (Phi) is 5.64. The molecule has 3 rings (SSSR count). The topological polar surface area (TPSA) is 82.5 Å². The van der Waals surface area contributed by atoms with E-state index < -0.39 is 10.0 Å². The van der Waals surface area contributed by atoms with Crippen molar-refractivity contribution in [3.05, 3.63) is 36.0 Å². The number of hydrogen-bond acceptors (Lipinski definition) is 5. The molecule has 1 aliphatic rings. The lowest BCUT2D eigenvalue weighted by Crippen LogP contribution is -2.47. The van der Waals surface area contributed by atoms with Gasteiger partial charge in [-0.2, -0.15) is 5.10 Å². The van der Waals surface area contributed by atoms with Crippen LogP contribution in [0.1, 0.15) is 12.1 Å². The van der Waals surface area contributed by atoms with Gasteiger partial charge in [0.15, 0.2) is 0 Å². The number of aromatic nitrogens is 2. The highest BCUT2D eigenvalue weighted by atomic mass is 32.2. The first-order valence-electron chi connectivity index (χ1n) is 8.61. The molecule has 1 aromatic heterocycles. The zero-order valence-corrected chi connectivity index (χ0v) is 16.1. The smallest absolute Gasteiger partial charge is 0.208 e. The molecule has 2 heterocycles. The van der Waals surface area contributed by atoms with Crippen molar-refractivity contribution in [2.24, 2.45) is 13.0 Å². The fraction of sp³-hybridized carbons (Fsp3) is 0.500. The molecule has 2 aromatic rings. The van der Waals surface area contributed by atoms with Crippen molar-refractivity contribution in [3.63, 3.8) is 0 Å². The molecule has 1 aromatic carbocycles. The number of ether oxygens (including phenoxy) is 2. The van der Waals surface area contributed by atoms with E-state index in [2.05, 4.69) is 9.82 Å². The van der Waals surface area contributed by atoms with Crippen LogP contribution in [-0.2, 0) is 21.8 Å². The summed E-state index contributed by atoms with van der Waals surface area (Å²) in [5.74, 6) is 0.731. The molecule has 0 bridgehead atoms.